The zero-order chi connectivity index (χ0) is 19.4. The van der Waals surface area contributed by atoms with E-state index < -0.39 is 21.1 Å². The third-order valence-electron chi connectivity index (χ3n) is 3.94. The zero-order valence-electron chi connectivity index (χ0n) is 15.2. The van der Waals surface area contributed by atoms with Crippen LogP contribution in [0.15, 0.2) is 47.4 Å². The molecule has 26 heavy (non-hydrogen) atoms. The summed E-state index contributed by atoms with van der Waals surface area (Å²) in [6, 6.07) is 11.2. The van der Waals surface area contributed by atoms with Crippen molar-refractivity contribution in [1.29, 1.82) is 0 Å². The van der Waals surface area contributed by atoms with E-state index >= 15 is 0 Å². The summed E-state index contributed by atoms with van der Waals surface area (Å²) in [5.74, 6) is -0.826. The molecule has 0 unspecified atom stereocenters. The number of aldehydes is 1. The monoisotopic (exact) mass is 378 g/mol. The van der Waals surface area contributed by atoms with Gasteiger partial charge in [0.15, 0.2) is 9.84 Å². The van der Waals surface area contributed by atoms with Crippen LogP contribution in [0.5, 0.6) is 0 Å². The molecule has 0 saturated carbocycles. The highest BCUT2D eigenvalue weighted by Gasteiger charge is 2.29. The molecule has 0 amide bonds. The van der Waals surface area contributed by atoms with Crippen molar-refractivity contribution < 1.29 is 22.3 Å². The van der Waals surface area contributed by atoms with E-state index in [1.807, 2.05) is 24.3 Å². The summed E-state index contributed by atoms with van der Waals surface area (Å²) in [5.41, 5.74) is 1.17. The van der Waals surface area contributed by atoms with Crippen molar-refractivity contribution in [2.45, 2.75) is 31.8 Å². The summed E-state index contributed by atoms with van der Waals surface area (Å²) in [6.45, 7) is 3.57. The molecule has 2 aromatic rings. The highest BCUT2D eigenvalue weighted by molar-refractivity contribution is 7.91. The van der Waals surface area contributed by atoms with Crippen molar-refractivity contribution in [2.75, 3.05) is 12.9 Å². The van der Waals surface area contributed by atoms with Crippen LogP contribution in [0.2, 0.25) is 0 Å². The first-order valence-electron chi connectivity index (χ1n) is 8.21. The lowest BCUT2D eigenvalue weighted by atomic mass is 10.00. The molecule has 0 atom stereocenters. The summed E-state index contributed by atoms with van der Waals surface area (Å²) in [4.78, 5) is 11.2. The van der Waals surface area contributed by atoms with Crippen molar-refractivity contribution >= 4 is 16.1 Å². The number of rotatable bonds is 8. The molecule has 2 rings (SSSR count). The van der Waals surface area contributed by atoms with Crippen LogP contribution in [0, 0.1) is 11.2 Å². The fraction of sp³-hybridized carbons (Fsp3) is 0.350. The molecule has 140 valence electrons. The molecule has 0 bridgehead atoms. The molecule has 0 fully saturated rings. The minimum atomic E-state index is -3.74. The highest BCUT2D eigenvalue weighted by atomic mass is 32.2. The van der Waals surface area contributed by atoms with Gasteiger partial charge in [0.2, 0.25) is 0 Å². The van der Waals surface area contributed by atoms with Crippen LogP contribution in [-0.4, -0.2) is 27.6 Å². The average Bonchev–Trinajstić information content (AvgIpc) is 2.54. The number of ether oxygens (including phenoxy) is 1. The molecular formula is C20H23FO4S. The Labute approximate surface area is 153 Å². The summed E-state index contributed by atoms with van der Waals surface area (Å²) in [5, 5.41) is 0. The Bertz CT molecular complexity index is 888. The van der Waals surface area contributed by atoms with Crippen LogP contribution in [-0.2, 0) is 32.4 Å². The molecule has 0 aliphatic carbocycles. The molecule has 0 aliphatic heterocycles. The van der Waals surface area contributed by atoms with E-state index in [4.69, 9.17) is 4.74 Å². The van der Waals surface area contributed by atoms with Crippen LogP contribution >= 0.6 is 0 Å². The maximum Gasteiger partial charge on any atom is 0.179 e. The molecule has 0 spiro atoms. The van der Waals surface area contributed by atoms with Crippen LogP contribution in [0.1, 0.15) is 30.5 Å². The lowest BCUT2D eigenvalue weighted by Gasteiger charge is -2.18. The third-order valence-corrected chi connectivity index (χ3v) is 6.13. The second kappa shape index (κ2) is 8.10. The zero-order valence-corrected chi connectivity index (χ0v) is 16.0. The number of carbonyl (C=O) groups is 1. The van der Waals surface area contributed by atoms with E-state index in [9.17, 15) is 17.6 Å². The van der Waals surface area contributed by atoms with Crippen molar-refractivity contribution in [3.05, 3.63) is 65.0 Å². The number of benzene rings is 2. The summed E-state index contributed by atoms with van der Waals surface area (Å²) in [7, 11) is -2.14. The van der Waals surface area contributed by atoms with E-state index in [0.29, 0.717) is 18.5 Å². The first kappa shape index (κ1) is 20.3. The van der Waals surface area contributed by atoms with E-state index in [1.54, 1.807) is 21.0 Å². The van der Waals surface area contributed by atoms with E-state index in [-0.39, 0.29) is 17.1 Å². The Morgan fingerprint density at radius 1 is 1.12 bits per heavy atom. The number of halogens is 1. The minimum Gasteiger partial charge on any atom is -0.380 e. The van der Waals surface area contributed by atoms with Gasteiger partial charge < -0.3 is 9.53 Å². The fourth-order valence-corrected chi connectivity index (χ4v) is 4.82. The quantitative estimate of drug-likeness (QED) is 0.521. The van der Waals surface area contributed by atoms with Gasteiger partial charge in [0.05, 0.1) is 17.3 Å². The lowest BCUT2D eigenvalue weighted by molar-refractivity contribution is -0.113. The molecule has 0 saturated heterocycles. The van der Waals surface area contributed by atoms with Gasteiger partial charge in [-0.15, -0.1) is 0 Å². The Kier molecular flexibility index (Phi) is 6.31. The normalized spacial score (nSPS) is 12.2. The Hall–Kier alpha value is -2.05. The molecule has 0 radical (unpaired) electrons. The van der Waals surface area contributed by atoms with Crippen molar-refractivity contribution in [1.82, 2.24) is 0 Å². The van der Waals surface area contributed by atoms with Crippen LogP contribution in [0.4, 0.5) is 4.39 Å². The van der Waals surface area contributed by atoms with Crippen molar-refractivity contribution in [3.63, 3.8) is 0 Å². The maximum atomic E-state index is 13.8. The van der Waals surface area contributed by atoms with Gasteiger partial charge in [-0.25, -0.2) is 12.8 Å². The smallest absolute Gasteiger partial charge is 0.179 e. The number of methoxy groups -OCH3 is 1. The highest BCUT2D eigenvalue weighted by Crippen LogP contribution is 2.26. The minimum absolute atomic E-state index is 0.0611. The van der Waals surface area contributed by atoms with Gasteiger partial charge in [-0.2, -0.15) is 0 Å². The number of carbonyl (C=O) groups excluding carboxylic acids is 1. The lowest BCUT2D eigenvalue weighted by Crippen LogP contribution is -2.26. The van der Waals surface area contributed by atoms with Gasteiger partial charge in [-0.05, 0) is 41.3 Å². The molecule has 0 N–H and O–H groups in total. The van der Waals surface area contributed by atoms with Crippen LogP contribution in [0.3, 0.4) is 0 Å². The third kappa shape index (κ3) is 5.22. The molecule has 0 heterocycles. The topological polar surface area (TPSA) is 60.4 Å². The summed E-state index contributed by atoms with van der Waals surface area (Å²) >= 11 is 0. The van der Waals surface area contributed by atoms with Crippen molar-refractivity contribution in [2.24, 2.45) is 5.41 Å². The van der Waals surface area contributed by atoms with Gasteiger partial charge in [-0.1, -0.05) is 38.1 Å². The average molecular weight is 378 g/mol. The first-order valence-corrected chi connectivity index (χ1v) is 9.86. The fourth-order valence-electron chi connectivity index (χ4n) is 2.81. The predicted octanol–water partition coefficient (Wildman–Crippen LogP) is 3.56. The maximum absolute atomic E-state index is 13.8. The number of hydrogen-bond acceptors (Lipinski definition) is 4. The predicted molar refractivity (Wildman–Crippen MR) is 98.3 cm³/mol. The standard InChI is InChI=1S/C20H23FO4S/c1-20(2,13-22)14-26(23,24)19-8-7-18(21)11-17(19)10-15-5-4-6-16(9-15)12-25-3/h4-9,11,13H,10,12,14H2,1-3H3. The van der Waals surface area contributed by atoms with E-state index in [0.717, 1.165) is 17.2 Å². The second-order valence-corrected chi connectivity index (χ2v) is 9.01. The first-order chi connectivity index (χ1) is 12.2. The van der Waals surface area contributed by atoms with Gasteiger partial charge >= 0.3 is 0 Å². The van der Waals surface area contributed by atoms with Crippen molar-refractivity contribution in [3.8, 4) is 0 Å². The Morgan fingerprint density at radius 2 is 1.81 bits per heavy atom. The largest absolute Gasteiger partial charge is 0.380 e. The van der Waals surface area contributed by atoms with Gasteiger partial charge in [0.25, 0.3) is 0 Å². The molecule has 0 aromatic heterocycles. The van der Waals surface area contributed by atoms with Gasteiger partial charge in [0.1, 0.15) is 12.1 Å². The molecular weight excluding hydrogens is 355 g/mol. The molecule has 0 aliphatic rings. The number of hydrogen-bond donors (Lipinski definition) is 0. The molecule has 4 nitrogen and oxygen atoms in total. The van der Waals surface area contributed by atoms with Crippen LogP contribution in [0.25, 0.3) is 0 Å². The molecule has 2 aromatic carbocycles. The SMILES string of the molecule is COCc1cccc(Cc2cc(F)ccc2S(=O)(=O)CC(C)(C)C=O)c1. The van der Waals surface area contributed by atoms with Gasteiger partial charge in [0, 0.05) is 12.5 Å². The van der Waals surface area contributed by atoms with E-state index in [1.165, 1.54) is 12.1 Å². The van der Waals surface area contributed by atoms with Crippen LogP contribution < -0.4 is 0 Å². The Morgan fingerprint density at radius 3 is 2.46 bits per heavy atom. The van der Waals surface area contributed by atoms with Gasteiger partial charge in [-0.3, -0.25) is 0 Å². The second-order valence-electron chi connectivity index (χ2n) is 7.05. The Balaban J connectivity index is 2.42. The molecule has 6 heteroatoms. The summed E-state index contributed by atoms with van der Waals surface area (Å²) < 4.78 is 44.5. The number of sulfone groups is 1. The van der Waals surface area contributed by atoms with E-state index in [2.05, 4.69) is 0 Å². The summed E-state index contributed by atoms with van der Waals surface area (Å²) in [6.07, 6.45) is 0.896.